The Bertz CT molecular complexity index is 538. The maximum absolute atomic E-state index is 10.0. The first-order chi connectivity index (χ1) is 10.8. The molecule has 130 valence electrons. The summed E-state index contributed by atoms with van der Waals surface area (Å²) in [5.74, 6) is 0.123. The van der Waals surface area contributed by atoms with Crippen molar-refractivity contribution in [1.29, 1.82) is 0 Å². The van der Waals surface area contributed by atoms with Crippen molar-refractivity contribution >= 4 is 23.2 Å². The predicted molar refractivity (Wildman–Crippen MR) is 88.5 cm³/mol. The Morgan fingerprint density at radius 1 is 1.17 bits per heavy atom. The highest BCUT2D eigenvalue weighted by atomic mass is 35.5. The fourth-order valence-corrected chi connectivity index (χ4v) is 3.28. The van der Waals surface area contributed by atoms with Gasteiger partial charge in [-0.15, -0.1) is 0 Å². The average molecular weight is 365 g/mol. The van der Waals surface area contributed by atoms with E-state index in [0.717, 1.165) is 0 Å². The minimum atomic E-state index is -1.18. The molecule has 6 N–H and O–H groups in total. The van der Waals surface area contributed by atoms with E-state index in [1.165, 1.54) is 6.07 Å². The van der Waals surface area contributed by atoms with Crippen LogP contribution >= 0.6 is 23.2 Å². The van der Waals surface area contributed by atoms with Crippen molar-refractivity contribution in [3.63, 3.8) is 0 Å². The molecule has 1 aromatic carbocycles. The van der Waals surface area contributed by atoms with Gasteiger partial charge in [-0.3, -0.25) is 4.90 Å². The number of rotatable bonds is 5. The fourth-order valence-electron chi connectivity index (χ4n) is 2.95. The van der Waals surface area contributed by atoms with Crippen LogP contribution in [0.4, 0.5) is 0 Å². The minimum Gasteiger partial charge on any atom is -0.508 e. The van der Waals surface area contributed by atoms with Crippen LogP contribution in [0.2, 0.25) is 10.0 Å². The fraction of sp³-hybridized carbons (Fsp3) is 0.600. The van der Waals surface area contributed by atoms with E-state index < -0.39 is 25.0 Å². The molecule has 0 aliphatic carbocycles. The summed E-state index contributed by atoms with van der Waals surface area (Å²) < 4.78 is 0. The molecule has 0 saturated carbocycles. The third-order valence-corrected chi connectivity index (χ3v) is 5.14. The molecule has 1 fully saturated rings. The maximum atomic E-state index is 10.0. The number of phenols is 1. The Kier molecular flexibility index (Phi) is 6.50. The molecule has 1 heterocycles. The van der Waals surface area contributed by atoms with E-state index in [1.807, 2.05) is 0 Å². The Balaban J connectivity index is 2.01. The lowest BCUT2D eigenvalue weighted by atomic mass is 9.85. The van der Waals surface area contributed by atoms with Crippen molar-refractivity contribution in [2.24, 2.45) is 11.7 Å². The molecule has 0 aromatic heterocycles. The molecule has 2 rings (SSSR count). The molecular formula is C15H22Cl2N2O4. The van der Waals surface area contributed by atoms with E-state index in [2.05, 4.69) is 0 Å². The van der Waals surface area contributed by atoms with Crippen molar-refractivity contribution in [3.8, 4) is 5.75 Å². The molecule has 0 amide bonds. The lowest BCUT2D eigenvalue weighted by Gasteiger charge is -2.38. The number of likely N-dealkylation sites (tertiary alicyclic amines) is 1. The molecule has 6 nitrogen and oxygen atoms in total. The van der Waals surface area contributed by atoms with Crippen molar-refractivity contribution < 1.29 is 20.4 Å². The van der Waals surface area contributed by atoms with Crippen LogP contribution in [0.25, 0.3) is 0 Å². The molecule has 2 unspecified atom stereocenters. The zero-order valence-electron chi connectivity index (χ0n) is 12.6. The standard InChI is InChI=1S/C15H22Cl2N2O4/c16-10-5-9(12(21)6-11(10)17)14(18)8-1-3-19(4-2-8)15(23)13(22)7-20/h5-6,8,13-15,20-23H,1-4,7,18H2/t13?,14-,15?/m1/s1. The monoisotopic (exact) mass is 364 g/mol. The van der Waals surface area contributed by atoms with Gasteiger partial charge in [0.2, 0.25) is 0 Å². The van der Waals surface area contributed by atoms with Gasteiger partial charge in [-0.05, 0) is 24.8 Å². The number of nitrogens with two attached hydrogens (primary N) is 1. The van der Waals surface area contributed by atoms with Gasteiger partial charge in [-0.25, -0.2) is 0 Å². The zero-order chi connectivity index (χ0) is 17.1. The van der Waals surface area contributed by atoms with Gasteiger partial charge in [0.1, 0.15) is 18.1 Å². The molecule has 23 heavy (non-hydrogen) atoms. The third-order valence-electron chi connectivity index (χ3n) is 4.42. The van der Waals surface area contributed by atoms with Crippen LogP contribution in [-0.4, -0.2) is 57.4 Å². The SMILES string of the molecule is N[C@@H](c1cc(Cl)c(Cl)cc1O)C1CCN(C(O)C(O)CO)CC1. The van der Waals surface area contributed by atoms with Crippen LogP contribution in [0.3, 0.4) is 0 Å². The van der Waals surface area contributed by atoms with Gasteiger partial charge in [0.15, 0.2) is 0 Å². The smallest absolute Gasteiger partial charge is 0.135 e. The normalized spacial score (nSPS) is 21.1. The first kappa shape index (κ1) is 18.7. The topological polar surface area (TPSA) is 110 Å². The van der Waals surface area contributed by atoms with Crippen LogP contribution in [-0.2, 0) is 0 Å². The summed E-state index contributed by atoms with van der Waals surface area (Å²) in [6.45, 7) is 0.592. The maximum Gasteiger partial charge on any atom is 0.135 e. The van der Waals surface area contributed by atoms with Crippen LogP contribution in [0.1, 0.15) is 24.4 Å². The summed E-state index contributed by atoms with van der Waals surface area (Å²) in [6, 6.07) is 2.57. The van der Waals surface area contributed by atoms with Gasteiger partial charge in [0, 0.05) is 30.8 Å². The largest absolute Gasteiger partial charge is 0.508 e. The van der Waals surface area contributed by atoms with Crippen molar-refractivity contribution in [2.75, 3.05) is 19.7 Å². The van der Waals surface area contributed by atoms with Crippen LogP contribution < -0.4 is 5.73 Å². The molecule has 0 radical (unpaired) electrons. The van der Waals surface area contributed by atoms with Crippen molar-refractivity contribution in [2.45, 2.75) is 31.2 Å². The number of phenolic OH excluding ortho intramolecular Hbond substituents is 1. The number of piperidine rings is 1. The summed E-state index contributed by atoms with van der Waals surface area (Å²) in [5.41, 5.74) is 6.81. The highest BCUT2D eigenvalue weighted by Crippen LogP contribution is 2.37. The second-order valence-corrected chi connectivity index (χ2v) is 6.70. The minimum absolute atomic E-state index is 0.0186. The third kappa shape index (κ3) is 4.28. The zero-order valence-corrected chi connectivity index (χ0v) is 14.1. The van der Waals surface area contributed by atoms with E-state index in [0.29, 0.717) is 36.5 Å². The van der Waals surface area contributed by atoms with E-state index in [1.54, 1.807) is 11.0 Å². The Hall–Kier alpha value is -0.600. The van der Waals surface area contributed by atoms with Gasteiger partial charge < -0.3 is 26.2 Å². The molecule has 1 aromatic rings. The molecule has 3 atom stereocenters. The highest BCUT2D eigenvalue weighted by Gasteiger charge is 2.31. The number of hydrogen-bond donors (Lipinski definition) is 5. The van der Waals surface area contributed by atoms with Crippen LogP contribution in [0.5, 0.6) is 5.75 Å². The number of nitrogens with zero attached hydrogens (tertiary/aromatic N) is 1. The van der Waals surface area contributed by atoms with E-state index in [4.69, 9.17) is 34.0 Å². The highest BCUT2D eigenvalue weighted by molar-refractivity contribution is 6.42. The first-order valence-corrected chi connectivity index (χ1v) is 8.25. The van der Waals surface area contributed by atoms with Gasteiger partial charge in [-0.2, -0.15) is 0 Å². The molecule has 0 bridgehead atoms. The molecular weight excluding hydrogens is 343 g/mol. The summed E-state index contributed by atoms with van der Waals surface area (Å²) in [5, 5.41) is 38.9. The number of aliphatic hydroxyl groups is 3. The summed E-state index contributed by atoms with van der Waals surface area (Å²) in [6.07, 6.45) is -0.888. The van der Waals surface area contributed by atoms with Gasteiger partial charge >= 0.3 is 0 Å². The molecule has 0 spiro atoms. The Morgan fingerprint density at radius 2 is 1.74 bits per heavy atom. The quantitative estimate of drug-likeness (QED) is 0.534. The number of benzene rings is 1. The van der Waals surface area contributed by atoms with Gasteiger partial charge in [0.25, 0.3) is 0 Å². The van der Waals surface area contributed by atoms with E-state index in [9.17, 15) is 15.3 Å². The summed E-state index contributed by atoms with van der Waals surface area (Å²) in [7, 11) is 0. The molecule has 8 heteroatoms. The second-order valence-electron chi connectivity index (χ2n) is 5.89. The lowest BCUT2D eigenvalue weighted by Crippen LogP contribution is -2.49. The number of aromatic hydroxyl groups is 1. The van der Waals surface area contributed by atoms with Crippen molar-refractivity contribution in [3.05, 3.63) is 27.7 Å². The van der Waals surface area contributed by atoms with E-state index in [-0.39, 0.29) is 16.7 Å². The van der Waals surface area contributed by atoms with Crippen molar-refractivity contribution in [1.82, 2.24) is 4.90 Å². The predicted octanol–water partition coefficient (Wildman–Crippen LogP) is 1.08. The van der Waals surface area contributed by atoms with Gasteiger partial charge in [-0.1, -0.05) is 23.2 Å². The number of aliphatic hydroxyl groups excluding tert-OH is 3. The number of hydrogen-bond acceptors (Lipinski definition) is 6. The first-order valence-electron chi connectivity index (χ1n) is 7.49. The molecule has 1 aliphatic rings. The van der Waals surface area contributed by atoms with Crippen LogP contribution in [0.15, 0.2) is 12.1 Å². The number of halogens is 2. The van der Waals surface area contributed by atoms with Gasteiger partial charge in [0.05, 0.1) is 16.7 Å². The molecule has 1 saturated heterocycles. The summed E-state index contributed by atoms with van der Waals surface area (Å²) >= 11 is 11.9. The summed E-state index contributed by atoms with van der Waals surface area (Å²) in [4.78, 5) is 1.71. The lowest BCUT2D eigenvalue weighted by molar-refractivity contribution is -0.109. The average Bonchev–Trinajstić information content (AvgIpc) is 2.56. The van der Waals surface area contributed by atoms with Crippen LogP contribution in [0, 0.1) is 5.92 Å². The second kappa shape index (κ2) is 7.98. The Labute approximate surface area is 145 Å². The van der Waals surface area contributed by atoms with E-state index >= 15 is 0 Å². The molecule has 1 aliphatic heterocycles. The Morgan fingerprint density at radius 3 is 2.30 bits per heavy atom.